The van der Waals surface area contributed by atoms with Gasteiger partial charge in [0.15, 0.2) is 4.34 Å². The van der Waals surface area contributed by atoms with Crippen molar-refractivity contribution in [2.45, 2.75) is 10.1 Å². The van der Waals surface area contributed by atoms with Crippen LogP contribution in [-0.4, -0.2) is 16.1 Å². The Labute approximate surface area is 164 Å². The number of halogens is 3. The van der Waals surface area contributed by atoms with Crippen LogP contribution in [0.4, 0.5) is 9.52 Å². The summed E-state index contributed by atoms with van der Waals surface area (Å²) < 4.78 is 15.1. The third kappa shape index (κ3) is 4.78. The van der Waals surface area contributed by atoms with Gasteiger partial charge in [-0.1, -0.05) is 68.8 Å². The van der Waals surface area contributed by atoms with Crippen molar-refractivity contribution in [3.05, 3.63) is 68.9 Å². The highest BCUT2D eigenvalue weighted by atomic mass is 79.9. The van der Waals surface area contributed by atoms with Crippen LogP contribution in [0.5, 0.6) is 0 Å². The Bertz CT molecular complexity index is 922. The average molecular weight is 459 g/mol. The molecule has 1 N–H and O–H groups in total. The normalized spacial score (nSPS) is 10.7. The molecular formula is C16H10BrClFN3OS2. The maximum atomic E-state index is 13.8. The summed E-state index contributed by atoms with van der Waals surface area (Å²) in [6.45, 7) is 0. The lowest BCUT2D eigenvalue weighted by Gasteiger charge is -2.02. The molecule has 128 valence electrons. The van der Waals surface area contributed by atoms with E-state index < -0.39 is 0 Å². The number of nitrogens with zero attached hydrogens (tertiary/aromatic N) is 2. The van der Waals surface area contributed by atoms with Crippen molar-refractivity contribution in [1.82, 2.24) is 10.2 Å². The molecular weight excluding hydrogens is 449 g/mol. The monoisotopic (exact) mass is 457 g/mol. The van der Waals surface area contributed by atoms with Crippen LogP contribution in [-0.2, 0) is 5.75 Å². The fourth-order valence-corrected chi connectivity index (χ4v) is 4.19. The van der Waals surface area contributed by atoms with E-state index >= 15 is 0 Å². The molecule has 3 rings (SSSR count). The fourth-order valence-electron chi connectivity index (χ4n) is 1.91. The molecule has 0 saturated heterocycles. The molecule has 1 amide bonds. The molecule has 0 unspecified atom stereocenters. The first-order valence-corrected chi connectivity index (χ1v) is 9.96. The van der Waals surface area contributed by atoms with Gasteiger partial charge in [-0.05, 0) is 29.8 Å². The Morgan fingerprint density at radius 1 is 1.28 bits per heavy atom. The molecule has 0 aliphatic heterocycles. The molecule has 1 aromatic heterocycles. The van der Waals surface area contributed by atoms with Crippen molar-refractivity contribution < 1.29 is 9.18 Å². The topological polar surface area (TPSA) is 54.9 Å². The first-order valence-electron chi connectivity index (χ1n) is 6.99. The number of benzene rings is 2. The molecule has 0 aliphatic rings. The first kappa shape index (κ1) is 18.3. The Kier molecular flexibility index (Phi) is 6.06. The number of carbonyl (C=O) groups is 1. The molecule has 0 atom stereocenters. The van der Waals surface area contributed by atoms with Gasteiger partial charge in [0.2, 0.25) is 5.13 Å². The van der Waals surface area contributed by atoms with E-state index in [1.54, 1.807) is 36.4 Å². The summed E-state index contributed by atoms with van der Waals surface area (Å²) in [5.41, 5.74) is 0.940. The van der Waals surface area contributed by atoms with Crippen LogP contribution in [0.15, 0.2) is 51.3 Å². The lowest BCUT2D eigenvalue weighted by Crippen LogP contribution is -2.12. The second-order valence-corrected chi connectivity index (χ2v) is 8.35. The van der Waals surface area contributed by atoms with Crippen LogP contribution in [0.3, 0.4) is 0 Å². The predicted octanol–water partition coefficient (Wildman–Crippen LogP) is 5.64. The highest BCUT2D eigenvalue weighted by Gasteiger charge is 2.13. The van der Waals surface area contributed by atoms with Gasteiger partial charge in [0.1, 0.15) is 5.82 Å². The molecule has 25 heavy (non-hydrogen) atoms. The molecule has 0 saturated carbocycles. The summed E-state index contributed by atoms with van der Waals surface area (Å²) in [6.07, 6.45) is 0. The number of nitrogens with one attached hydrogen (secondary N) is 1. The molecule has 0 aliphatic carbocycles. The Morgan fingerprint density at radius 2 is 2.08 bits per heavy atom. The highest BCUT2D eigenvalue weighted by molar-refractivity contribution is 9.10. The summed E-state index contributed by atoms with van der Waals surface area (Å²) in [5.74, 6) is -0.206. The van der Waals surface area contributed by atoms with Crippen LogP contribution < -0.4 is 5.32 Å². The van der Waals surface area contributed by atoms with Crippen LogP contribution in [0.25, 0.3) is 0 Å². The van der Waals surface area contributed by atoms with E-state index in [0.717, 1.165) is 0 Å². The third-order valence-corrected chi connectivity index (χ3v) is 5.96. The van der Waals surface area contributed by atoms with Gasteiger partial charge in [-0.2, -0.15) is 0 Å². The first-order chi connectivity index (χ1) is 12.0. The van der Waals surface area contributed by atoms with Crippen molar-refractivity contribution >= 4 is 61.7 Å². The number of hydrogen-bond acceptors (Lipinski definition) is 5. The summed E-state index contributed by atoms with van der Waals surface area (Å²) in [7, 11) is 0. The number of aromatic nitrogens is 2. The van der Waals surface area contributed by atoms with Crippen LogP contribution >= 0.6 is 50.6 Å². The SMILES string of the molecule is O=C(Nc1nnc(SCc2ccc(Br)cc2F)s1)c1ccccc1Cl. The second kappa shape index (κ2) is 8.27. The summed E-state index contributed by atoms with van der Waals surface area (Å²) in [5, 5.41) is 11.3. The van der Waals surface area contributed by atoms with Gasteiger partial charge in [0.25, 0.3) is 5.91 Å². The van der Waals surface area contributed by atoms with E-state index in [4.69, 9.17) is 11.6 Å². The van der Waals surface area contributed by atoms with Gasteiger partial charge in [-0.3, -0.25) is 10.1 Å². The molecule has 0 bridgehead atoms. The lowest BCUT2D eigenvalue weighted by atomic mass is 10.2. The minimum Gasteiger partial charge on any atom is -0.296 e. The van der Waals surface area contributed by atoms with Gasteiger partial charge in [0.05, 0.1) is 10.6 Å². The standard InChI is InChI=1S/C16H10BrClFN3OS2/c17-10-6-5-9(13(19)7-10)8-24-16-22-21-15(25-16)20-14(23)11-3-1-2-4-12(11)18/h1-7H,8H2,(H,20,21,23). The molecule has 4 nitrogen and oxygen atoms in total. The van der Waals surface area contributed by atoms with Crippen molar-refractivity contribution in [2.75, 3.05) is 5.32 Å². The smallest absolute Gasteiger partial charge is 0.259 e. The van der Waals surface area contributed by atoms with E-state index in [9.17, 15) is 9.18 Å². The minimum absolute atomic E-state index is 0.279. The Morgan fingerprint density at radius 3 is 2.84 bits per heavy atom. The maximum Gasteiger partial charge on any atom is 0.259 e. The number of thioether (sulfide) groups is 1. The van der Waals surface area contributed by atoms with E-state index in [-0.39, 0.29) is 11.7 Å². The number of rotatable bonds is 5. The highest BCUT2D eigenvalue weighted by Crippen LogP contribution is 2.30. The molecule has 0 fully saturated rings. The fraction of sp³-hybridized carbons (Fsp3) is 0.0625. The summed E-state index contributed by atoms with van der Waals surface area (Å²) in [6, 6.07) is 11.7. The van der Waals surface area contributed by atoms with E-state index in [1.165, 1.54) is 29.2 Å². The molecule has 1 heterocycles. The van der Waals surface area contributed by atoms with Gasteiger partial charge in [-0.15, -0.1) is 10.2 Å². The van der Waals surface area contributed by atoms with E-state index in [1.807, 2.05) is 0 Å². The molecule has 3 aromatic rings. The molecule has 0 spiro atoms. The zero-order valence-corrected chi connectivity index (χ0v) is 16.5. The molecule has 2 aromatic carbocycles. The van der Waals surface area contributed by atoms with Crippen LogP contribution in [0, 0.1) is 5.82 Å². The average Bonchev–Trinajstić information content (AvgIpc) is 3.02. The van der Waals surface area contributed by atoms with Crippen molar-refractivity contribution in [1.29, 1.82) is 0 Å². The van der Waals surface area contributed by atoms with Crippen LogP contribution in [0.2, 0.25) is 5.02 Å². The number of carbonyl (C=O) groups excluding carboxylic acids is 1. The quantitative estimate of drug-likeness (QED) is 0.397. The van der Waals surface area contributed by atoms with Crippen molar-refractivity contribution in [3.8, 4) is 0 Å². The predicted molar refractivity (Wildman–Crippen MR) is 103 cm³/mol. The molecule has 9 heteroatoms. The third-order valence-electron chi connectivity index (χ3n) is 3.11. The number of hydrogen-bond donors (Lipinski definition) is 1. The Balaban J connectivity index is 1.62. The maximum absolute atomic E-state index is 13.8. The van der Waals surface area contributed by atoms with E-state index in [0.29, 0.717) is 35.8 Å². The largest absolute Gasteiger partial charge is 0.296 e. The van der Waals surface area contributed by atoms with Crippen molar-refractivity contribution in [2.24, 2.45) is 0 Å². The van der Waals surface area contributed by atoms with Gasteiger partial charge < -0.3 is 0 Å². The van der Waals surface area contributed by atoms with Crippen LogP contribution in [0.1, 0.15) is 15.9 Å². The zero-order valence-electron chi connectivity index (χ0n) is 12.5. The number of anilines is 1. The van der Waals surface area contributed by atoms with Gasteiger partial charge in [-0.25, -0.2) is 4.39 Å². The zero-order chi connectivity index (χ0) is 17.8. The van der Waals surface area contributed by atoms with E-state index in [2.05, 4.69) is 31.4 Å². The lowest BCUT2D eigenvalue weighted by molar-refractivity contribution is 0.102. The minimum atomic E-state index is -0.350. The summed E-state index contributed by atoms with van der Waals surface area (Å²) >= 11 is 11.8. The molecule has 0 radical (unpaired) electrons. The summed E-state index contributed by atoms with van der Waals surface area (Å²) in [4.78, 5) is 12.2. The van der Waals surface area contributed by atoms with Gasteiger partial charge >= 0.3 is 0 Å². The number of amides is 1. The second-order valence-electron chi connectivity index (χ2n) is 4.83. The Hall–Kier alpha value is -1.48. The van der Waals surface area contributed by atoms with Crippen molar-refractivity contribution in [3.63, 3.8) is 0 Å². The van der Waals surface area contributed by atoms with Gasteiger partial charge in [0, 0.05) is 10.2 Å².